The SMILES string of the molecule is CC[C@@H](C(=O)Nc1ccccc1Cl)n1cnc2ccccc2c1=O. The zero-order chi connectivity index (χ0) is 17.1. The molecular weight excluding hydrogens is 326 g/mol. The van der Waals surface area contributed by atoms with Crippen LogP contribution in [0.5, 0.6) is 0 Å². The monoisotopic (exact) mass is 341 g/mol. The van der Waals surface area contributed by atoms with Crippen LogP contribution in [0.2, 0.25) is 5.02 Å². The first-order valence-corrected chi connectivity index (χ1v) is 8.01. The Balaban J connectivity index is 1.97. The Kier molecular flexibility index (Phi) is 4.62. The molecule has 3 aromatic rings. The summed E-state index contributed by atoms with van der Waals surface area (Å²) in [6.07, 6.45) is 1.88. The highest BCUT2D eigenvalue weighted by Gasteiger charge is 2.21. The summed E-state index contributed by atoms with van der Waals surface area (Å²) in [6, 6.07) is 13.4. The van der Waals surface area contributed by atoms with Crippen molar-refractivity contribution in [1.82, 2.24) is 9.55 Å². The van der Waals surface area contributed by atoms with Gasteiger partial charge in [0.25, 0.3) is 5.56 Å². The Morgan fingerprint density at radius 3 is 2.67 bits per heavy atom. The number of nitrogens with zero attached hydrogens (tertiary/aromatic N) is 2. The second kappa shape index (κ2) is 6.84. The second-order valence-electron chi connectivity index (χ2n) is 5.37. The Bertz CT molecular complexity index is 952. The second-order valence-corrected chi connectivity index (χ2v) is 5.77. The van der Waals surface area contributed by atoms with E-state index in [0.717, 1.165) is 0 Å². The van der Waals surface area contributed by atoms with Crippen LogP contribution >= 0.6 is 11.6 Å². The number of hydrogen-bond donors (Lipinski definition) is 1. The van der Waals surface area contributed by atoms with E-state index in [0.29, 0.717) is 28.0 Å². The van der Waals surface area contributed by atoms with Gasteiger partial charge in [0, 0.05) is 0 Å². The molecule has 0 bridgehead atoms. The molecule has 1 N–H and O–H groups in total. The average molecular weight is 342 g/mol. The lowest BCUT2D eigenvalue weighted by Crippen LogP contribution is -2.33. The first-order chi connectivity index (χ1) is 11.6. The molecule has 0 spiro atoms. The number of benzene rings is 2. The third kappa shape index (κ3) is 3.03. The van der Waals surface area contributed by atoms with Crippen molar-refractivity contribution in [2.75, 3.05) is 5.32 Å². The van der Waals surface area contributed by atoms with E-state index in [9.17, 15) is 9.59 Å². The normalized spacial score (nSPS) is 12.1. The van der Waals surface area contributed by atoms with Gasteiger partial charge >= 0.3 is 0 Å². The predicted molar refractivity (Wildman–Crippen MR) is 95.4 cm³/mol. The van der Waals surface area contributed by atoms with E-state index in [1.165, 1.54) is 10.9 Å². The highest BCUT2D eigenvalue weighted by Crippen LogP contribution is 2.22. The molecule has 0 aliphatic heterocycles. The van der Waals surface area contributed by atoms with E-state index >= 15 is 0 Å². The van der Waals surface area contributed by atoms with Gasteiger partial charge < -0.3 is 5.32 Å². The lowest BCUT2D eigenvalue weighted by molar-refractivity contribution is -0.119. The van der Waals surface area contributed by atoms with E-state index in [1.807, 2.05) is 13.0 Å². The van der Waals surface area contributed by atoms with Crippen LogP contribution in [0.1, 0.15) is 19.4 Å². The molecule has 0 fully saturated rings. The minimum atomic E-state index is -0.661. The van der Waals surface area contributed by atoms with Gasteiger partial charge in [0.05, 0.1) is 27.9 Å². The lowest BCUT2D eigenvalue weighted by Gasteiger charge is -2.18. The number of rotatable bonds is 4. The first-order valence-electron chi connectivity index (χ1n) is 7.63. The van der Waals surface area contributed by atoms with Crippen molar-refractivity contribution in [3.63, 3.8) is 0 Å². The van der Waals surface area contributed by atoms with E-state index in [4.69, 9.17) is 11.6 Å². The van der Waals surface area contributed by atoms with Crippen LogP contribution in [0.3, 0.4) is 0 Å². The molecule has 0 unspecified atom stereocenters. The number of carbonyl (C=O) groups is 1. The Morgan fingerprint density at radius 1 is 1.21 bits per heavy atom. The van der Waals surface area contributed by atoms with Crippen LogP contribution in [0.4, 0.5) is 5.69 Å². The molecule has 1 amide bonds. The smallest absolute Gasteiger partial charge is 0.261 e. The van der Waals surface area contributed by atoms with Crippen LogP contribution in [-0.2, 0) is 4.79 Å². The molecule has 5 nitrogen and oxygen atoms in total. The van der Waals surface area contributed by atoms with Gasteiger partial charge in [-0.15, -0.1) is 0 Å². The van der Waals surface area contributed by atoms with Crippen LogP contribution in [-0.4, -0.2) is 15.5 Å². The Hall–Kier alpha value is -2.66. The van der Waals surface area contributed by atoms with E-state index < -0.39 is 6.04 Å². The van der Waals surface area contributed by atoms with Crippen molar-refractivity contribution in [2.45, 2.75) is 19.4 Å². The maximum atomic E-state index is 12.7. The summed E-state index contributed by atoms with van der Waals surface area (Å²) in [7, 11) is 0. The number of carbonyl (C=O) groups excluding carboxylic acids is 1. The fraction of sp³-hybridized carbons (Fsp3) is 0.167. The lowest BCUT2D eigenvalue weighted by atomic mass is 10.1. The van der Waals surface area contributed by atoms with Crippen LogP contribution in [0.15, 0.2) is 59.7 Å². The summed E-state index contributed by atoms with van der Waals surface area (Å²) < 4.78 is 1.37. The standard InChI is InChI=1S/C18H16ClN3O2/c1-2-16(17(23)21-15-10-6-4-8-13(15)19)22-11-20-14-9-5-3-7-12(14)18(22)24/h3-11,16H,2H2,1H3,(H,21,23)/t16-/m0/s1. The van der Waals surface area contributed by atoms with Gasteiger partial charge in [0.15, 0.2) is 0 Å². The molecule has 24 heavy (non-hydrogen) atoms. The number of nitrogens with one attached hydrogen (secondary N) is 1. The van der Waals surface area contributed by atoms with Crippen molar-refractivity contribution in [3.8, 4) is 0 Å². The number of anilines is 1. The number of aromatic nitrogens is 2. The van der Waals surface area contributed by atoms with Crippen molar-refractivity contribution >= 4 is 34.1 Å². The summed E-state index contributed by atoms with van der Waals surface area (Å²) in [6.45, 7) is 1.85. The third-order valence-electron chi connectivity index (χ3n) is 3.85. The maximum absolute atomic E-state index is 12.7. The summed E-state index contributed by atoms with van der Waals surface area (Å²) in [5.41, 5.74) is 0.895. The minimum Gasteiger partial charge on any atom is -0.323 e. The zero-order valence-electron chi connectivity index (χ0n) is 13.1. The molecule has 1 atom stereocenters. The topological polar surface area (TPSA) is 64.0 Å². The van der Waals surface area contributed by atoms with E-state index in [-0.39, 0.29) is 11.5 Å². The third-order valence-corrected chi connectivity index (χ3v) is 4.18. The first kappa shape index (κ1) is 16.2. The average Bonchev–Trinajstić information content (AvgIpc) is 2.60. The summed E-state index contributed by atoms with van der Waals surface area (Å²) in [5.74, 6) is -0.301. The summed E-state index contributed by atoms with van der Waals surface area (Å²) in [4.78, 5) is 29.6. The van der Waals surface area contributed by atoms with Gasteiger partial charge in [0.2, 0.25) is 5.91 Å². The zero-order valence-corrected chi connectivity index (χ0v) is 13.8. The number of hydrogen-bond acceptors (Lipinski definition) is 3. The number of fused-ring (bicyclic) bond motifs is 1. The van der Waals surface area contributed by atoms with Crippen LogP contribution in [0.25, 0.3) is 10.9 Å². The molecule has 0 saturated heterocycles. The maximum Gasteiger partial charge on any atom is 0.261 e. The van der Waals surface area contributed by atoms with Crippen molar-refractivity contribution in [3.05, 3.63) is 70.2 Å². The summed E-state index contributed by atoms with van der Waals surface area (Å²) >= 11 is 6.08. The quantitative estimate of drug-likeness (QED) is 0.788. The highest BCUT2D eigenvalue weighted by atomic mass is 35.5. The van der Waals surface area contributed by atoms with Crippen molar-refractivity contribution in [2.24, 2.45) is 0 Å². The van der Waals surface area contributed by atoms with Gasteiger partial charge in [-0.25, -0.2) is 4.98 Å². The fourth-order valence-corrected chi connectivity index (χ4v) is 2.78. The van der Waals surface area contributed by atoms with Crippen LogP contribution < -0.4 is 10.9 Å². The molecule has 6 heteroatoms. The van der Waals surface area contributed by atoms with Gasteiger partial charge in [0.1, 0.15) is 6.04 Å². The summed E-state index contributed by atoms with van der Waals surface area (Å²) in [5, 5.41) is 3.72. The molecule has 0 aliphatic rings. The number of amides is 1. The molecule has 0 radical (unpaired) electrons. The molecule has 122 valence electrons. The van der Waals surface area contributed by atoms with Gasteiger partial charge in [-0.2, -0.15) is 0 Å². The molecule has 1 heterocycles. The number of para-hydroxylation sites is 2. The molecule has 0 saturated carbocycles. The van der Waals surface area contributed by atoms with E-state index in [1.54, 1.807) is 42.5 Å². The molecular formula is C18H16ClN3O2. The van der Waals surface area contributed by atoms with E-state index in [2.05, 4.69) is 10.3 Å². The van der Waals surface area contributed by atoms with Gasteiger partial charge in [-0.1, -0.05) is 42.8 Å². The highest BCUT2D eigenvalue weighted by molar-refractivity contribution is 6.33. The van der Waals surface area contributed by atoms with Crippen molar-refractivity contribution < 1.29 is 4.79 Å². The van der Waals surface area contributed by atoms with Crippen molar-refractivity contribution in [1.29, 1.82) is 0 Å². The molecule has 2 aromatic carbocycles. The molecule has 0 aliphatic carbocycles. The number of halogens is 1. The predicted octanol–water partition coefficient (Wildman–Crippen LogP) is 3.64. The van der Waals surface area contributed by atoms with Gasteiger partial charge in [-0.05, 0) is 30.7 Å². The molecule has 3 rings (SSSR count). The Morgan fingerprint density at radius 2 is 1.92 bits per heavy atom. The fourth-order valence-electron chi connectivity index (χ4n) is 2.59. The van der Waals surface area contributed by atoms with Gasteiger partial charge in [-0.3, -0.25) is 14.2 Å². The molecule has 1 aromatic heterocycles. The Labute approximate surface area is 143 Å². The largest absolute Gasteiger partial charge is 0.323 e. The van der Waals surface area contributed by atoms with Crippen LogP contribution in [0, 0.1) is 0 Å². The minimum absolute atomic E-state index is 0.234.